The van der Waals surface area contributed by atoms with Crippen LogP contribution in [0.4, 0.5) is 5.95 Å². The lowest BCUT2D eigenvalue weighted by Gasteiger charge is -2.32. The predicted octanol–water partition coefficient (Wildman–Crippen LogP) is 1.28. The molecule has 2 saturated heterocycles. The number of benzene rings is 1. The molecule has 3 aromatic rings. The highest BCUT2D eigenvalue weighted by Gasteiger charge is 2.21. The van der Waals surface area contributed by atoms with E-state index in [0.29, 0.717) is 19.2 Å². The molecule has 0 radical (unpaired) electrons. The van der Waals surface area contributed by atoms with Gasteiger partial charge in [0.05, 0.1) is 37.0 Å². The zero-order chi connectivity index (χ0) is 21.2. The predicted molar refractivity (Wildman–Crippen MR) is 119 cm³/mol. The van der Waals surface area contributed by atoms with Crippen LogP contribution in [0.15, 0.2) is 30.5 Å². The maximum Gasteiger partial charge on any atom is 0.228 e. The lowest BCUT2D eigenvalue weighted by atomic mass is 10.1. The third kappa shape index (κ3) is 4.34. The first-order chi connectivity index (χ1) is 15.2. The van der Waals surface area contributed by atoms with Crippen LogP contribution in [0.1, 0.15) is 0 Å². The van der Waals surface area contributed by atoms with Crippen LogP contribution in [0.25, 0.3) is 22.3 Å². The second-order valence-corrected chi connectivity index (χ2v) is 8.27. The maximum absolute atomic E-state index is 10.0. The zero-order valence-electron chi connectivity index (χ0n) is 17.9. The fourth-order valence-electron chi connectivity index (χ4n) is 4.19. The second kappa shape index (κ2) is 8.78. The Hall–Kier alpha value is -2.75. The first-order valence-electron chi connectivity index (χ1n) is 10.9. The smallest absolute Gasteiger partial charge is 0.228 e. The third-order valence-corrected chi connectivity index (χ3v) is 6.12. The summed E-state index contributed by atoms with van der Waals surface area (Å²) < 4.78 is 7.50. The van der Waals surface area contributed by atoms with E-state index in [-0.39, 0.29) is 5.75 Å². The van der Waals surface area contributed by atoms with Gasteiger partial charge in [0, 0.05) is 51.4 Å². The van der Waals surface area contributed by atoms with E-state index in [1.54, 1.807) is 12.1 Å². The zero-order valence-corrected chi connectivity index (χ0v) is 17.9. The van der Waals surface area contributed by atoms with E-state index in [9.17, 15) is 5.11 Å². The van der Waals surface area contributed by atoms with Gasteiger partial charge in [0.25, 0.3) is 0 Å². The second-order valence-electron chi connectivity index (χ2n) is 8.27. The van der Waals surface area contributed by atoms with Crippen LogP contribution < -0.4 is 4.90 Å². The van der Waals surface area contributed by atoms with Crippen LogP contribution in [0.3, 0.4) is 0 Å². The molecule has 4 heterocycles. The molecule has 2 aliphatic heterocycles. The van der Waals surface area contributed by atoms with Gasteiger partial charge in [-0.05, 0) is 19.2 Å². The summed E-state index contributed by atoms with van der Waals surface area (Å²) in [6.45, 7) is 8.97. The number of morpholine rings is 1. The number of anilines is 1. The third-order valence-electron chi connectivity index (χ3n) is 6.12. The Bertz CT molecular complexity index is 1040. The van der Waals surface area contributed by atoms with Gasteiger partial charge in [-0.3, -0.25) is 4.90 Å². The monoisotopic (exact) mass is 423 g/mol. The Morgan fingerprint density at radius 1 is 1.00 bits per heavy atom. The topological polar surface area (TPSA) is 82.8 Å². The van der Waals surface area contributed by atoms with E-state index in [2.05, 4.69) is 26.8 Å². The highest BCUT2D eigenvalue weighted by atomic mass is 16.5. The van der Waals surface area contributed by atoms with E-state index < -0.39 is 0 Å². The fraction of sp³-hybridized carbons (Fsp3) is 0.500. The van der Waals surface area contributed by atoms with Crippen molar-refractivity contribution < 1.29 is 9.84 Å². The average Bonchev–Trinajstić information content (AvgIpc) is 3.22. The Kier molecular flexibility index (Phi) is 5.71. The van der Waals surface area contributed by atoms with Crippen LogP contribution in [-0.2, 0) is 11.3 Å². The van der Waals surface area contributed by atoms with Gasteiger partial charge in [-0.25, -0.2) is 9.67 Å². The number of nitrogens with zero attached hydrogens (tertiary/aromatic N) is 7. The maximum atomic E-state index is 10.0. The molecular formula is C22H29N7O2. The summed E-state index contributed by atoms with van der Waals surface area (Å²) in [7, 11) is 2.17. The standard InChI is InChI=1S/C22H29N7O2/c1-26-5-7-27(8-6-26)9-10-29-21-19(16-23-29)20(17-3-2-4-18(30)15-17)24-22(25-21)28-11-13-31-14-12-28/h2-4,15-16,30H,5-14H2,1H3. The summed E-state index contributed by atoms with van der Waals surface area (Å²) in [6, 6.07) is 7.22. The number of hydrogen-bond acceptors (Lipinski definition) is 8. The van der Waals surface area contributed by atoms with Gasteiger partial charge in [0.1, 0.15) is 5.75 Å². The molecule has 31 heavy (non-hydrogen) atoms. The SMILES string of the molecule is CN1CCN(CCn2ncc3c(-c4cccc(O)c4)nc(N4CCOCC4)nc32)CC1. The Morgan fingerprint density at radius 3 is 2.58 bits per heavy atom. The summed E-state index contributed by atoms with van der Waals surface area (Å²) in [5.74, 6) is 0.912. The van der Waals surface area contributed by atoms with E-state index in [4.69, 9.17) is 14.7 Å². The summed E-state index contributed by atoms with van der Waals surface area (Å²) in [5, 5.41) is 15.6. The molecule has 5 rings (SSSR count). The highest BCUT2D eigenvalue weighted by Crippen LogP contribution is 2.30. The van der Waals surface area contributed by atoms with Crippen LogP contribution in [-0.4, -0.2) is 101 Å². The molecule has 9 nitrogen and oxygen atoms in total. The van der Waals surface area contributed by atoms with E-state index in [1.807, 2.05) is 23.0 Å². The minimum atomic E-state index is 0.222. The number of phenols is 1. The van der Waals surface area contributed by atoms with Gasteiger partial charge in [-0.15, -0.1) is 0 Å². The van der Waals surface area contributed by atoms with Crippen molar-refractivity contribution in [3.63, 3.8) is 0 Å². The molecule has 0 aliphatic carbocycles. The molecule has 0 amide bonds. The van der Waals surface area contributed by atoms with Gasteiger partial charge < -0.3 is 19.6 Å². The van der Waals surface area contributed by atoms with Crippen molar-refractivity contribution >= 4 is 17.0 Å². The van der Waals surface area contributed by atoms with Crippen LogP contribution in [0.5, 0.6) is 5.75 Å². The number of hydrogen-bond donors (Lipinski definition) is 1. The van der Waals surface area contributed by atoms with Crippen molar-refractivity contribution in [2.45, 2.75) is 6.54 Å². The molecule has 2 fully saturated rings. The minimum Gasteiger partial charge on any atom is -0.508 e. The highest BCUT2D eigenvalue weighted by molar-refractivity contribution is 5.91. The molecule has 0 spiro atoms. The van der Waals surface area contributed by atoms with Crippen molar-refractivity contribution in [1.29, 1.82) is 0 Å². The summed E-state index contributed by atoms with van der Waals surface area (Å²) in [6.07, 6.45) is 1.85. The number of rotatable bonds is 5. The Morgan fingerprint density at radius 2 is 1.81 bits per heavy atom. The normalized spacial score (nSPS) is 18.7. The lowest BCUT2D eigenvalue weighted by Crippen LogP contribution is -2.45. The summed E-state index contributed by atoms with van der Waals surface area (Å²) in [4.78, 5) is 16.8. The van der Waals surface area contributed by atoms with Crippen molar-refractivity contribution in [3.8, 4) is 17.0 Å². The molecule has 1 aromatic carbocycles. The van der Waals surface area contributed by atoms with Crippen molar-refractivity contribution in [3.05, 3.63) is 30.5 Å². The molecule has 164 valence electrons. The van der Waals surface area contributed by atoms with Gasteiger partial charge in [-0.2, -0.15) is 10.1 Å². The summed E-state index contributed by atoms with van der Waals surface area (Å²) in [5.41, 5.74) is 2.50. The molecule has 9 heteroatoms. The Labute approximate surface area is 181 Å². The fourth-order valence-corrected chi connectivity index (χ4v) is 4.19. The molecule has 0 atom stereocenters. The number of phenolic OH excluding ortho intramolecular Hbond substituents is 1. The van der Waals surface area contributed by atoms with Crippen molar-refractivity contribution in [1.82, 2.24) is 29.5 Å². The number of aromatic hydroxyl groups is 1. The van der Waals surface area contributed by atoms with E-state index in [0.717, 1.165) is 74.6 Å². The molecule has 2 aliphatic rings. The van der Waals surface area contributed by atoms with Gasteiger partial charge in [-0.1, -0.05) is 12.1 Å². The van der Waals surface area contributed by atoms with E-state index in [1.165, 1.54) is 0 Å². The molecule has 2 aromatic heterocycles. The first kappa shape index (κ1) is 20.2. The van der Waals surface area contributed by atoms with Crippen LogP contribution in [0, 0.1) is 0 Å². The number of fused-ring (bicyclic) bond motifs is 1. The first-order valence-corrected chi connectivity index (χ1v) is 10.9. The molecule has 1 N–H and O–H groups in total. The van der Waals surface area contributed by atoms with Crippen molar-refractivity contribution in [2.24, 2.45) is 0 Å². The van der Waals surface area contributed by atoms with Gasteiger partial charge >= 0.3 is 0 Å². The number of piperazine rings is 1. The number of aromatic nitrogens is 4. The van der Waals surface area contributed by atoms with E-state index >= 15 is 0 Å². The van der Waals surface area contributed by atoms with Crippen molar-refractivity contribution in [2.75, 3.05) is 71.0 Å². The minimum absolute atomic E-state index is 0.222. The van der Waals surface area contributed by atoms with Crippen LogP contribution in [0.2, 0.25) is 0 Å². The largest absolute Gasteiger partial charge is 0.508 e. The molecule has 0 saturated carbocycles. The molecule has 0 bridgehead atoms. The van der Waals surface area contributed by atoms with Gasteiger partial charge in [0.15, 0.2) is 5.65 Å². The number of ether oxygens (including phenoxy) is 1. The lowest BCUT2D eigenvalue weighted by molar-refractivity contribution is 0.122. The molecular weight excluding hydrogens is 394 g/mol. The van der Waals surface area contributed by atoms with Crippen LogP contribution >= 0.6 is 0 Å². The molecule has 0 unspecified atom stereocenters. The summed E-state index contributed by atoms with van der Waals surface area (Å²) >= 11 is 0. The quantitative estimate of drug-likeness (QED) is 0.657. The Balaban J connectivity index is 1.49. The van der Waals surface area contributed by atoms with Gasteiger partial charge in [0.2, 0.25) is 5.95 Å². The average molecular weight is 424 g/mol. The number of likely N-dealkylation sites (N-methyl/N-ethyl adjacent to an activating group) is 1.